The third-order valence-electron chi connectivity index (χ3n) is 5.18. The molecule has 1 fully saturated rings. The minimum absolute atomic E-state index is 0.0404. The van der Waals surface area contributed by atoms with E-state index in [1.165, 1.54) is 34.8 Å². The molecule has 2 amide bonds. The van der Waals surface area contributed by atoms with E-state index in [1.54, 1.807) is 36.5 Å². The van der Waals surface area contributed by atoms with Gasteiger partial charge in [0.25, 0.3) is 11.8 Å². The molecule has 4 rings (SSSR count). The number of hydrogen-bond acceptors (Lipinski definition) is 5. The molecule has 170 valence electrons. The number of hydrogen-bond donors (Lipinski definition) is 2. The first kappa shape index (κ1) is 22.9. The number of benzene rings is 2. The van der Waals surface area contributed by atoms with Gasteiger partial charge < -0.3 is 10.6 Å². The fraction of sp³-hybridized carbons (Fsp3) is 0.174. The van der Waals surface area contributed by atoms with Crippen molar-refractivity contribution in [2.24, 2.45) is 0 Å². The minimum atomic E-state index is -3.74. The lowest BCUT2D eigenvalue weighted by Crippen LogP contribution is -2.28. The lowest BCUT2D eigenvalue weighted by atomic mass is 10.1. The van der Waals surface area contributed by atoms with Crippen LogP contribution in [0.15, 0.2) is 71.9 Å². The summed E-state index contributed by atoms with van der Waals surface area (Å²) in [5.74, 6) is -0.811. The Morgan fingerprint density at radius 1 is 0.879 bits per heavy atom. The van der Waals surface area contributed by atoms with Gasteiger partial charge in [-0.05, 0) is 61.4 Å². The highest BCUT2D eigenvalue weighted by Crippen LogP contribution is 2.30. The molecule has 0 atom stereocenters. The first-order valence-corrected chi connectivity index (χ1v) is 12.1. The van der Waals surface area contributed by atoms with Gasteiger partial charge in [-0.2, -0.15) is 4.31 Å². The predicted octanol–water partition coefficient (Wildman–Crippen LogP) is 4.02. The monoisotopic (exact) mass is 484 g/mol. The standard InChI is InChI=1S/C23H21ClN4O4S/c24-20-9-8-19(14-21(20)33(31,32)28-11-1-2-12-28)27-22(29)16-5-3-7-18(13-16)26-23(30)17-6-4-10-25-15-17/h3-10,13-15H,1-2,11-12H2,(H,26,30)(H,27,29). The summed E-state index contributed by atoms with van der Waals surface area (Å²) in [5.41, 5.74) is 1.41. The number of carbonyl (C=O) groups is 2. The molecule has 1 aromatic heterocycles. The number of amides is 2. The summed E-state index contributed by atoms with van der Waals surface area (Å²) in [5, 5.41) is 5.52. The Balaban J connectivity index is 1.51. The van der Waals surface area contributed by atoms with E-state index in [-0.39, 0.29) is 21.4 Å². The highest BCUT2D eigenvalue weighted by atomic mass is 35.5. The van der Waals surface area contributed by atoms with Gasteiger partial charge in [-0.25, -0.2) is 8.42 Å². The van der Waals surface area contributed by atoms with E-state index in [0.29, 0.717) is 30.0 Å². The molecule has 0 bridgehead atoms. The van der Waals surface area contributed by atoms with E-state index in [4.69, 9.17) is 11.6 Å². The molecule has 2 aromatic carbocycles. The van der Waals surface area contributed by atoms with E-state index in [0.717, 1.165) is 12.8 Å². The summed E-state index contributed by atoms with van der Waals surface area (Å²) in [6.07, 6.45) is 4.63. The van der Waals surface area contributed by atoms with Crippen LogP contribution in [0.2, 0.25) is 5.02 Å². The van der Waals surface area contributed by atoms with E-state index < -0.39 is 15.9 Å². The quantitative estimate of drug-likeness (QED) is 0.549. The summed E-state index contributed by atoms with van der Waals surface area (Å²) in [6, 6.07) is 14.1. The van der Waals surface area contributed by atoms with Crippen LogP contribution in [0, 0.1) is 0 Å². The fourth-order valence-electron chi connectivity index (χ4n) is 3.49. The van der Waals surface area contributed by atoms with Crippen LogP contribution in [0.1, 0.15) is 33.6 Å². The lowest BCUT2D eigenvalue weighted by Gasteiger charge is -2.17. The number of carbonyl (C=O) groups excluding carboxylic acids is 2. The third-order valence-corrected chi connectivity index (χ3v) is 7.56. The van der Waals surface area contributed by atoms with Gasteiger partial charge in [-0.1, -0.05) is 17.7 Å². The molecule has 33 heavy (non-hydrogen) atoms. The van der Waals surface area contributed by atoms with Crippen LogP contribution in [0.5, 0.6) is 0 Å². The minimum Gasteiger partial charge on any atom is -0.322 e. The van der Waals surface area contributed by atoms with E-state index in [1.807, 2.05) is 0 Å². The Bertz CT molecular complexity index is 1290. The lowest BCUT2D eigenvalue weighted by molar-refractivity contribution is 0.101. The van der Waals surface area contributed by atoms with Crippen molar-refractivity contribution >= 4 is 44.8 Å². The van der Waals surface area contributed by atoms with Crippen LogP contribution in [0.3, 0.4) is 0 Å². The van der Waals surface area contributed by atoms with Gasteiger partial charge >= 0.3 is 0 Å². The van der Waals surface area contributed by atoms with Crippen LogP contribution in [0.4, 0.5) is 11.4 Å². The van der Waals surface area contributed by atoms with Gasteiger partial charge in [0, 0.05) is 42.4 Å². The first-order valence-electron chi connectivity index (χ1n) is 10.3. The zero-order valence-corrected chi connectivity index (χ0v) is 19.1. The molecule has 10 heteroatoms. The second kappa shape index (κ2) is 9.70. The average Bonchev–Trinajstić information content (AvgIpc) is 3.37. The van der Waals surface area contributed by atoms with Gasteiger partial charge in [0.15, 0.2) is 0 Å². The maximum atomic E-state index is 12.9. The topological polar surface area (TPSA) is 108 Å². The fourth-order valence-corrected chi connectivity index (χ4v) is 5.51. The molecule has 0 spiro atoms. The van der Waals surface area contributed by atoms with Crippen molar-refractivity contribution in [1.29, 1.82) is 0 Å². The van der Waals surface area contributed by atoms with Crippen molar-refractivity contribution in [3.05, 3.63) is 83.1 Å². The van der Waals surface area contributed by atoms with Gasteiger partial charge in [-0.3, -0.25) is 14.6 Å². The number of sulfonamides is 1. The molecule has 2 N–H and O–H groups in total. The average molecular weight is 485 g/mol. The Morgan fingerprint density at radius 3 is 2.24 bits per heavy atom. The number of nitrogens with one attached hydrogen (secondary N) is 2. The van der Waals surface area contributed by atoms with Crippen molar-refractivity contribution < 1.29 is 18.0 Å². The molecule has 0 aliphatic carbocycles. The summed E-state index contributed by atoms with van der Waals surface area (Å²) in [6.45, 7) is 0.902. The number of pyridine rings is 1. The molecule has 1 aliphatic heterocycles. The molecule has 0 saturated carbocycles. The van der Waals surface area contributed by atoms with E-state index in [2.05, 4.69) is 15.6 Å². The smallest absolute Gasteiger partial charge is 0.257 e. The first-order chi connectivity index (χ1) is 15.8. The molecule has 2 heterocycles. The van der Waals surface area contributed by atoms with Crippen LogP contribution in [-0.4, -0.2) is 42.6 Å². The number of aromatic nitrogens is 1. The van der Waals surface area contributed by atoms with Crippen LogP contribution in [0.25, 0.3) is 0 Å². The van der Waals surface area contributed by atoms with Crippen molar-refractivity contribution in [3.8, 4) is 0 Å². The maximum absolute atomic E-state index is 12.9. The molecule has 1 saturated heterocycles. The normalized spacial score (nSPS) is 14.1. The number of rotatable bonds is 6. The zero-order chi connectivity index (χ0) is 23.4. The van der Waals surface area contributed by atoms with Gasteiger partial charge in [-0.15, -0.1) is 0 Å². The third kappa shape index (κ3) is 5.22. The molecule has 3 aromatic rings. The SMILES string of the molecule is O=C(Nc1cccc(C(=O)Nc2ccc(Cl)c(S(=O)(=O)N3CCCC3)c2)c1)c1cccnc1. The summed E-state index contributed by atoms with van der Waals surface area (Å²) in [4.78, 5) is 29.0. The van der Waals surface area contributed by atoms with Crippen LogP contribution >= 0.6 is 11.6 Å². The maximum Gasteiger partial charge on any atom is 0.257 e. The summed E-state index contributed by atoms with van der Waals surface area (Å²) in [7, 11) is -3.74. The highest BCUT2D eigenvalue weighted by Gasteiger charge is 2.29. The van der Waals surface area contributed by atoms with Crippen LogP contribution in [-0.2, 0) is 10.0 Å². The molecule has 0 radical (unpaired) electrons. The Labute approximate surface area is 196 Å². The van der Waals surface area contributed by atoms with E-state index >= 15 is 0 Å². The Hall–Kier alpha value is -3.27. The number of halogens is 1. The largest absolute Gasteiger partial charge is 0.322 e. The van der Waals surface area contributed by atoms with Gasteiger partial charge in [0.2, 0.25) is 10.0 Å². The Kier molecular flexibility index (Phi) is 6.73. The second-order valence-corrected chi connectivity index (χ2v) is 9.80. The predicted molar refractivity (Wildman–Crippen MR) is 126 cm³/mol. The van der Waals surface area contributed by atoms with Crippen LogP contribution < -0.4 is 10.6 Å². The molecular weight excluding hydrogens is 464 g/mol. The molecular formula is C23H21ClN4O4S. The van der Waals surface area contributed by atoms with E-state index in [9.17, 15) is 18.0 Å². The molecule has 0 unspecified atom stereocenters. The number of nitrogens with zero attached hydrogens (tertiary/aromatic N) is 2. The summed E-state index contributed by atoms with van der Waals surface area (Å²) >= 11 is 6.17. The van der Waals surface area contributed by atoms with Gasteiger partial charge in [0.05, 0.1) is 10.6 Å². The summed E-state index contributed by atoms with van der Waals surface area (Å²) < 4.78 is 27.2. The zero-order valence-electron chi connectivity index (χ0n) is 17.5. The van der Waals surface area contributed by atoms with Crippen molar-refractivity contribution in [2.45, 2.75) is 17.7 Å². The van der Waals surface area contributed by atoms with Gasteiger partial charge in [0.1, 0.15) is 4.90 Å². The second-order valence-electron chi connectivity index (χ2n) is 7.49. The van der Waals surface area contributed by atoms with Crippen molar-refractivity contribution in [3.63, 3.8) is 0 Å². The van der Waals surface area contributed by atoms with Crippen molar-refractivity contribution in [2.75, 3.05) is 23.7 Å². The molecule has 1 aliphatic rings. The number of anilines is 2. The van der Waals surface area contributed by atoms with Crippen molar-refractivity contribution in [1.82, 2.24) is 9.29 Å². The highest BCUT2D eigenvalue weighted by molar-refractivity contribution is 7.89. The molecule has 8 nitrogen and oxygen atoms in total. The Morgan fingerprint density at radius 2 is 1.55 bits per heavy atom.